The predicted octanol–water partition coefficient (Wildman–Crippen LogP) is 3.85. The number of amides is 1. The molecule has 8 heteroatoms. The van der Waals surface area contributed by atoms with E-state index >= 15 is 0 Å². The Morgan fingerprint density at radius 2 is 1.81 bits per heavy atom. The molecule has 0 atom stereocenters. The maximum atomic E-state index is 13.0. The first-order valence-corrected chi connectivity index (χ1v) is 11.9. The fraction of sp³-hybridized carbons (Fsp3) is 0.435. The molecule has 0 aliphatic heterocycles. The molecule has 0 bridgehead atoms. The Morgan fingerprint density at radius 1 is 1.10 bits per heavy atom. The molecule has 0 aliphatic carbocycles. The number of methoxy groups -OCH3 is 1. The first kappa shape index (κ1) is 24.7. The molecule has 0 fully saturated rings. The molecule has 1 amide bonds. The summed E-state index contributed by atoms with van der Waals surface area (Å²) in [5, 5.41) is 2.79. The minimum absolute atomic E-state index is 0.0949. The Bertz CT molecular complexity index is 956. The molecule has 7 nitrogen and oxygen atoms in total. The molecule has 2 aromatic rings. The number of carbonyl (C=O) groups is 1. The number of hydrogen-bond donors (Lipinski definition) is 2. The van der Waals surface area contributed by atoms with E-state index in [1.165, 1.54) is 19.2 Å². The fourth-order valence-corrected chi connectivity index (χ4v) is 4.10. The van der Waals surface area contributed by atoms with Gasteiger partial charge in [-0.2, -0.15) is 0 Å². The van der Waals surface area contributed by atoms with E-state index in [1.807, 2.05) is 19.1 Å². The largest absolute Gasteiger partial charge is 0.495 e. The highest BCUT2D eigenvalue weighted by molar-refractivity contribution is 7.92. The summed E-state index contributed by atoms with van der Waals surface area (Å²) in [6, 6.07) is 11.5. The van der Waals surface area contributed by atoms with E-state index in [-0.39, 0.29) is 22.1 Å². The van der Waals surface area contributed by atoms with Crippen molar-refractivity contribution in [2.24, 2.45) is 5.92 Å². The lowest BCUT2D eigenvalue weighted by Gasteiger charge is -2.14. The van der Waals surface area contributed by atoms with Crippen LogP contribution in [0, 0.1) is 5.92 Å². The standard InChI is InChI=1S/C23H32N2O5S/c1-5-18-7-10-20(11-8-18)25-31(27,28)22-15-19(9-12-21(22)29-4)23(26)24-13-6-14-30-16-17(2)3/h7-12,15,17,25H,5-6,13-14,16H2,1-4H3,(H,24,26). The second-order valence-electron chi connectivity index (χ2n) is 7.60. The molecule has 0 unspecified atom stereocenters. The maximum absolute atomic E-state index is 13.0. The Hall–Kier alpha value is -2.58. The molecular weight excluding hydrogens is 416 g/mol. The molecule has 0 aliphatic rings. The predicted molar refractivity (Wildman–Crippen MR) is 122 cm³/mol. The minimum Gasteiger partial charge on any atom is -0.495 e. The van der Waals surface area contributed by atoms with Gasteiger partial charge in [-0.3, -0.25) is 9.52 Å². The van der Waals surface area contributed by atoms with E-state index in [2.05, 4.69) is 23.9 Å². The van der Waals surface area contributed by atoms with Crippen LogP contribution >= 0.6 is 0 Å². The van der Waals surface area contributed by atoms with Crippen molar-refractivity contribution in [3.63, 3.8) is 0 Å². The molecule has 0 aromatic heterocycles. The van der Waals surface area contributed by atoms with Crippen LogP contribution in [0.25, 0.3) is 0 Å². The summed E-state index contributed by atoms with van der Waals surface area (Å²) in [5.74, 6) is 0.277. The van der Waals surface area contributed by atoms with E-state index in [1.54, 1.807) is 18.2 Å². The van der Waals surface area contributed by atoms with Crippen molar-refractivity contribution in [3.8, 4) is 5.75 Å². The summed E-state index contributed by atoms with van der Waals surface area (Å²) in [7, 11) is -2.56. The van der Waals surface area contributed by atoms with Gasteiger partial charge in [0.25, 0.3) is 15.9 Å². The third kappa shape index (κ3) is 7.56. The smallest absolute Gasteiger partial charge is 0.265 e. The summed E-state index contributed by atoms with van der Waals surface area (Å²) in [6.07, 6.45) is 1.54. The summed E-state index contributed by atoms with van der Waals surface area (Å²) in [4.78, 5) is 12.4. The molecule has 2 N–H and O–H groups in total. The first-order valence-electron chi connectivity index (χ1n) is 10.4. The van der Waals surface area contributed by atoms with Crippen LogP contribution in [0.15, 0.2) is 47.4 Å². The topological polar surface area (TPSA) is 93.7 Å². The van der Waals surface area contributed by atoms with Crippen LogP contribution in [0.1, 0.15) is 43.1 Å². The minimum atomic E-state index is -3.95. The van der Waals surface area contributed by atoms with Crippen molar-refractivity contribution in [3.05, 3.63) is 53.6 Å². The van der Waals surface area contributed by atoms with E-state index in [0.717, 1.165) is 12.0 Å². The zero-order valence-electron chi connectivity index (χ0n) is 18.6. The van der Waals surface area contributed by atoms with Crippen LogP contribution in [-0.4, -0.2) is 41.2 Å². The summed E-state index contributed by atoms with van der Waals surface area (Å²) in [5.41, 5.74) is 1.79. The maximum Gasteiger partial charge on any atom is 0.265 e. The Morgan fingerprint density at radius 3 is 2.42 bits per heavy atom. The van der Waals surface area contributed by atoms with Gasteiger partial charge in [0, 0.05) is 31.0 Å². The molecule has 0 heterocycles. The van der Waals surface area contributed by atoms with Gasteiger partial charge < -0.3 is 14.8 Å². The van der Waals surface area contributed by atoms with Crippen LogP contribution in [0.5, 0.6) is 5.75 Å². The summed E-state index contributed by atoms with van der Waals surface area (Å²) >= 11 is 0. The van der Waals surface area contributed by atoms with Crippen LogP contribution in [0.4, 0.5) is 5.69 Å². The van der Waals surface area contributed by atoms with Crippen LogP contribution < -0.4 is 14.8 Å². The van der Waals surface area contributed by atoms with Gasteiger partial charge in [-0.15, -0.1) is 0 Å². The molecule has 31 heavy (non-hydrogen) atoms. The van der Waals surface area contributed by atoms with Gasteiger partial charge in [-0.25, -0.2) is 8.42 Å². The molecular formula is C23H32N2O5S. The lowest BCUT2D eigenvalue weighted by Crippen LogP contribution is -2.26. The SMILES string of the molecule is CCc1ccc(NS(=O)(=O)c2cc(C(=O)NCCCOCC(C)C)ccc2OC)cc1. The monoisotopic (exact) mass is 448 g/mol. The van der Waals surface area contributed by atoms with Gasteiger partial charge in [0.2, 0.25) is 0 Å². The average Bonchev–Trinajstić information content (AvgIpc) is 2.75. The number of benzene rings is 2. The van der Waals surface area contributed by atoms with Crippen LogP contribution in [0.2, 0.25) is 0 Å². The van der Waals surface area contributed by atoms with Crippen molar-refractivity contribution in [1.29, 1.82) is 0 Å². The van der Waals surface area contributed by atoms with Gasteiger partial charge in [0.05, 0.1) is 7.11 Å². The lowest BCUT2D eigenvalue weighted by atomic mass is 10.2. The highest BCUT2D eigenvalue weighted by Gasteiger charge is 2.22. The van der Waals surface area contributed by atoms with Gasteiger partial charge in [0.15, 0.2) is 0 Å². The fourth-order valence-electron chi connectivity index (χ4n) is 2.84. The Balaban J connectivity index is 2.08. The first-order chi connectivity index (χ1) is 14.8. The number of anilines is 1. The number of nitrogens with one attached hydrogen (secondary N) is 2. The Labute approximate surface area is 185 Å². The highest BCUT2D eigenvalue weighted by Crippen LogP contribution is 2.27. The van der Waals surface area contributed by atoms with Crippen molar-refractivity contribution in [2.75, 3.05) is 31.6 Å². The average molecular weight is 449 g/mol. The van der Waals surface area contributed by atoms with Crippen molar-refractivity contribution < 1.29 is 22.7 Å². The number of carbonyl (C=O) groups excluding carboxylic acids is 1. The zero-order chi connectivity index (χ0) is 22.9. The molecule has 0 saturated carbocycles. The van der Waals surface area contributed by atoms with Gasteiger partial charge >= 0.3 is 0 Å². The third-order valence-electron chi connectivity index (χ3n) is 4.53. The number of ether oxygens (including phenoxy) is 2. The van der Waals surface area contributed by atoms with Crippen molar-refractivity contribution in [1.82, 2.24) is 5.32 Å². The zero-order valence-corrected chi connectivity index (χ0v) is 19.4. The highest BCUT2D eigenvalue weighted by atomic mass is 32.2. The van der Waals surface area contributed by atoms with E-state index in [0.29, 0.717) is 37.8 Å². The van der Waals surface area contributed by atoms with E-state index in [9.17, 15) is 13.2 Å². The summed E-state index contributed by atoms with van der Waals surface area (Å²) < 4.78 is 39.2. The van der Waals surface area contributed by atoms with Crippen LogP contribution in [-0.2, 0) is 21.2 Å². The second kappa shape index (κ2) is 11.7. The number of aryl methyl sites for hydroxylation is 1. The number of hydrogen-bond acceptors (Lipinski definition) is 5. The van der Waals surface area contributed by atoms with Gasteiger partial charge in [-0.1, -0.05) is 32.9 Å². The quantitative estimate of drug-likeness (QED) is 0.481. The van der Waals surface area contributed by atoms with Crippen LogP contribution in [0.3, 0.4) is 0 Å². The van der Waals surface area contributed by atoms with Crippen molar-refractivity contribution in [2.45, 2.75) is 38.5 Å². The second-order valence-corrected chi connectivity index (χ2v) is 9.25. The van der Waals surface area contributed by atoms with E-state index < -0.39 is 10.0 Å². The lowest BCUT2D eigenvalue weighted by molar-refractivity contribution is 0.0924. The van der Waals surface area contributed by atoms with E-state index in [4.69, 9.17) is 9.47 Å². The normalized spacial score (nSPS) is 11.4. The third-order valence-corrected chi connectivity index (χ3v) is 5.93. The van der Waals surface area contributed by atoms with Gasteiger partial charge in [0.1, 0.15) is 10.6 Å². The molecule has 170 valence electrons. The van der Waals surface area contributed by atoms with Gasteiger partial charge in [-0.05, 0) is 54.7 Å². The molecule has 0 spiro atoms. The van der Waals surface area contributed by atoms with Crippen molar-refractivity contribution >= 4 is 21.6 Å². The Kier molecular flexibility index (Phi) is 9.33. The molecule has 0 radical (unpaired) electrons. The number of sulfonamides is 1. The summed E-state index contributed by atoms with van der Waals surface area (Å²) in [6.45, 7) is 7.86. The molecule has 2 rings (SSSR count). The molecule has 2 aromatic carbocycles. The molecule has 0 saturated heterocycles. The number of rotatable bonds is 12.